The lowest BCUT2D eigenvalue weighted by molar-refractivity contribution is -0.115. The van der Waals surface area contributed by atoms with Gasteiger partial charge in [0.25, 0.3) is 0 Å². The van der Waals surface area contributed by atoms with Gasteiger partial charge in [0.15, 0.2) is 0 Å². The van der Waals surface area contributed by atoms with Gasteiger partial charge in [0, 0.05) is 10.7 Å². The van der Waals surface area contributed by atoms with Gasteiger partial charge in [-0.3, -0.25) is 4.79 Å². The van der Waals surface area contributed by atoms with Gasteiger partial charge in [-0.25, -0.2) is 9.37 Å². The third-order valence-electron chi connectivity index (χ3n) is 3.82. The van der Waals surface area contributed by atoms with Gasteiger partial charge in [0.1, 0.15) is 11.6 Å². The van der Waals surface area contributed by atoms with Crippen molar-refractivity contribution in [1.82, 2.24) is 4.98 Å². The summed E-state index contributed by atoms with van der Waals surface area (Å²) in [5.74, 6) is -0.319. The van der Waals surface area contributed by atoms with Gasteiger partial charge >= 0.3 is 0 Å². The summed E-state index contributed by atoms with van der Waals surface area (Å²) in [7, 11) is 0. The van der Waals surface area contributed by atoms with Crippen molar-refractivity contribution in [3.63, 3.8) is 0 Å². The Morgan fingerprint density at radius 3 is 2.69 bits per heavy atom. The number of carbonyl (C=O) groups is 1. The number of halogens is 2. The van der Waals surface area contributed by atoms with E-state index in [9.17, 15) is 9.18 Å². The Kier molecular flexibility index (Phi) is 5.49. The zero-order valence-corrected chi connectivity index (χ0v) is 14.8. The molecule has 0 spiro atoms. The highest BCUT2D eigenvalue weighted by molar-refractivity contribution is 6.30. The van der Waals surface area contributed by atoms with Crippen LogP contribution in [0.2, 0.25) is 5.02 Å². The average molecular weight is 370 g/mol. The Bertz CT molecular complexity index is 929. The molecule has 0 radical (unpaired) electrons. The minimum absolute atomic E-state index is 0.0456. The van der Waals surface area contributed by atoms with Gasteiger partial charge in [0.2, 0.25) is 5.91 Å². The molecule has 132 valence electrons. The number of amides is 1. The number of nitrogens with zero attached hydrogens (tertiary/aromatic N) is 1. The Morgan fingerprint density at radius 1 is 1.15 bits per heavy atom. The Labute approximate surface area is 156 Å². The summed E-state index contributed by atoms with van der Waals surface area (Å²) >= 11 is 6.01. The summed E-state index contributed by atoms with van der Waals surface area (Å²) in [5, 5.41) is 6.54. The van der Waals surface area contributed by atoms with Crippen LogP contribution < -0.4 is 10.6 Å². The van der Waals surface area contributed by atoms with Crippen molar-refractivity contribution in [1.29, 1.82) is 0 Å². The first kappa shape index (κ1) is 17.9. The summed E-state index contributed by atoms with van der Waals surface area (Å²) < 4.78 is 13.6. The Morgan fingerprint density at radius 2 is 1.96 bits per heavy atom. The molecule has 2 aromatic carbocycles. The van der Waals surface area contributed by atoms with Gasteiger partial charge in [-0.05, 0) is 48.4 Å². The van der Waals surface area contributed by atoms with Crippen LogP contribution >= 0.6 is 11.6 Å². The summed E-state index contributed by atoms with van der Waals surface area (Å²) in [6.07, 6.45) is 1.56. The molecule has 0 aliphatic rings. The number of pyridine rings is 1. The summed E-state index contributed by atoms with van der Waals surface area (Å²) in [4.78, 5) is 16.3. The molecule has 3 rings (SSSR count). The predicted octanol–water partition coefficient (Wildman–Crippen LogP) is 5.11. The first-order valence-electron chi connectivity index (χ1n) is 8.04. The fourth-order valence-corrected chi connectivity index (χ4v) is 2.60. The number of anilines is 3. The van der Waals surface area contributed by atoms with Gasteiger partial charge in [-0.15, -0.1) is 0 Å². The second-order valence-electron chi connectivity index (χ2n) is 5.83. The van der Waals surface area contributed by atoms with E-state index < -0.39 is 5.82 Å². The maximum atomic E-state index is 13.6. The molecular formula is C20H17ClFN3O. The first-order valence-corrected chi connectivity index (χ1v) is 8.41. The molecule has 1 heterocycles. The zero-order chi connectivity index (χ0) is 18.5. The van der Waals surface area contributed by atoms with Crippen LogP contribution in [0.15, 0.2) is 60.8 Å². The van der Waals surface area contributed by atoms with E-state index in [0.29, 0.717) is 16.4 Å². The molecule has 0 unspecified atom stereocenters. The van der Waals surface area contributed by atoms with Gasteiger partial charge in [0.05, 0.1) is 18.3 Å². The highest BCUT2D eigenvalue weighted by Crippen LogP contribution is 2.24. The fraction of sp³-hybridized carbons (Fsp3) is 0.100. The monoisotopic (exact) mass is 369 g/mol. The van der Waals surface area contributed by atoms with E-state index >= 15 is 0 Å². The number of aryl methyl sites for hydroxylation is 1. The summed E-state index contributed by atoms with van der Waals surface area (Å²) in [5.41, 5.74) is 3.05. The van der Waals surface area contributed by atoms with Gasteiger partial charge < -0.3 is 10.6 Å². The summed E-state index contributed by atoms with van der Waals surface area (Å²) in [6, 6.07) is 15.3. The van der Waals surface area contributed by atoms with E-state index in [4.69, 9.17) is 11.6 Å². The molecule has 0 saturated heterocycles. The van der Waals surface area contributed by atoms with Crippen LogP contribution in [0, 0.1) is 12.7 Å². The molecule has 1 amide bonds. The molecule has 2 N–H and O–H groups in total. The molecule has 0 saturated carbocycles. The van der Waals surface area contributed by atoms with E-state index in [1.165, 1.54) is 6.07 Å². The Hall–Kier alpha value is -2.92. The standard InChI is InChI=1S/C20H17ClFN3O/c1-13-6-7-15(21)11-18(13)24-16-8-9-19(23-12-16)25-20(26)10-14-4-2-3-5-17(14)22/h2-9,11-12,24H,10H2,1H3,(H,23,25,26). The normalized spacial score (nSPS) is 10.4. The minimum atomic E-state index is -0.396. The smallest absolute Gasteiger partial charge is 0.230 e. The Balaban J connectivity index is 1.63. The second-order valence-corrected chi connectivity index (χ2v) is 6.27. The van der Waals surface area contributed by atoms with Crippen LogP contribution in [-0.2, 0) is 11.2 Å². The first-order chi connectivity index (χ1) is 12.5. The van der Waals surface area contributed by atoms with E-state index in [0.717, 1.165) is 16.9 Å². The van der Waals surface area contributed by atoms with Crippen molar-refractivity contribution in [2.75, 3.05) is 10.6 Å². The van der Waals surface area contributed by atoms with Gasteiger partial charge in [-0.2, -0.15) is 0 Å². The second kappa shape index (κ2) is 7.97. The maximum Gasteiger partial charge on any atom is 0.230 e. The van der Waals surface area contributed by atoms with Crippen LogP contribution in [0.25, 0.3) is 0 Å². The van der Waals surface area contributed by atoms with Crippen molar-refractivity contribution in [2.45, 2.75) is 13.3 Å². The van der Waals surface area contributed by atoms with E-state index in [-0.39, 0.29) is 12.3 Å². The molecule has 26 heavy (non-hydrogen) atoms. The maximum absolute atomic E-state index is 13.6. The summed E-state index contributed by atoms with van der Waals surface area (Å²) in [6.45, 7) is 1.98. The number of hydrogen-bond acceptors (Lipinski definition) is 3. The number of aromatic nitrogens is 1. The number of nitrogens with one attached hydrogen (secondary N) is 2. The molecule has 0 aliphatic heterocycles. The van der Waals surface area contributed by atoms with Gasteiger partial charge in [-0.1, -0.05) is 35.9 Å². The quantitative estimate of drug-likeness (QED) is 0.657. The van der Waals surface area contributed by atoms with Crippen LogP contribution in [0.4, 0.5) is 21.6 Å². The average Bonchev–Trinajstić information content (AvgIpc) is 2.62. The molecule has 3 aromatic rings. The topological polar surface area (TPSA) is 54.0 Å². The third-order valence-corrected chi connectivity index (χ3v) is 4.05. The molecule has 0 bridgehead atoms. The molecular weight excluding hydrogens is 353 g/mol. The highest BCUT2D eigenvalue weighted by Gasteiger charge is 2.09. The van der Waals surface area contributed by atoms with Crippen molar-refractivity contribution < 1.29 is 9.18 Å². The van der Waals surface area contributed by atoms with E-state index in [1.54, 1.807) is 36.5 Å². The fourth-order valence-electron chi connectivity index (χ4n) is 2.43. The number of hydrogen-bond donors (Lipinski definition) is 2. The predicted molar refractivity (Wildman–Crippen MR) is 102 cm³/mol. The molecule has 6 heteroatoms. The molecule has 0 fully saturated rings. The van der Waals surface area contributed by atoms with E-state index in [1.807, 2.05) is 25.1 Å². The number of rotatable bonds is 5. The van der Waals surface area contributed by atoms with Crippen LogP contribution in [0.3, 0.4) is 0 Å². The SMILES string of the molecule is Cc1ccc(Cl)cc1Nc1ccc(NC(=O)Cc2ccccc2F)nc1. The van der Waals surface area contributed by atoms with Crippen LogP contribution in [-0.4, -0.2) is 10.9 Å². The third kappa shape index (κ3) is 4.58. The van der Waals surface area contributed by atoms with Crippen molar-refractivity contribution in [3.05, 3.63) is 82.8 Å². The lowest BCUT2D eigenvalue weighted by Crippen LogP contribution is -2.16. The highest BCUT2D eigenvalue weighted by atomic mass is 35.5. The van der Waals surface area contributed by atoms with Crippen molar-refractivity contribution in [2.24, 2.45) is 0 Å². The number of benzene rings is 2. The van der Waals surface area contributed by atoms with Crippen LogP contribution in [0.5, 0.6) is 0 Å². The largest absolute Gasteiger partial charge is 0.354 e. The zero-order valence-electron chi connectivity index (χ0n) is 14.1. The minimum Gasteiger partial charge on any atom is -0.354 e. The molecule has 4 nitrogen and oxygen atoms in total. The number of carbonyl (C=O) groups excluding carboxylic acids is 1. The molecule has 1 aromatic heterocycles. The van der Waals surface area contributed by atoms with Crippen LogP contribution in [0.1, 0.15) is 11.1 Å². The van der Waals surface area contributed by atoms with E-state index in [2.05, 4.69) is 15.6 Å². The molecule has 0 atom stereocenters. The lowest BCUT2D eigenvalue weighted by Gasteiger charge is -2.11. The lowest BCUT2D eigenvalue weighted by atomic mass is 10.1. The van der Waals surface area contributed by atoms with Crippen molar-refractivity contribution >= 4 is 34.7 Å². The van der Waals surface area contributed by atoms with Crippen molar-refractivity contribution in [3.8, 4) is 0 Å². The molecule has 0 aliphatic carbocycles.